The number of nitrogens with zero attached hydrogens (tertiary/aromatic N) is 3. The van der Waals surface area contributed by atoms with E-state index in [0.29, 0.717) is 44.1 Å². The van der Waals surface area contributed by atoms with Crippen molar-refractivity contribution in [2.45, 2.75) is 25.7 Å². The summed E-state index contributed by atoms with van der Waals surface area (Å²) >= 11 is 1.32. The van der Waals surface area contributed by atoms with Gasteiger partial charge in [0.25, 0.3) is 16.1 Å². The molecule has 0 atom stereocenters. The molecule has 0 bridgehead atoms. The van der Waals surface area contributed by atoms with Crippen molar-refractivity contribution in [2.24, 2.45) is 0 Å². The number of thiophene rings is 1. The molecule has 2 aliphatic heterocycles. The molecule has 3 heterocycles. The molecule has 0 aliphatic carbocycles. The summed E-state index contributed by atoms with van der Waals surface area (Å²) in [5.74, 6) is -0.451. The van der Waals surface area contributed by atoms with Gasteiger partial charge in [-0.1, -0.05) is 18.9 Å². The summed E-state index contributed by atoms with van der Waals surface area (Å²) in [6.07, 6.45) is 3.96. The van der Waals surface area contributed by atoms with Crippen LogP contribution >= 0.6 is 11.3 Å². The van der Waals surface area contributed by atoms with Crippen LogP contribution in [0.25, 0.3) is 0 Å². The fourth-order valence-corrected chi connectivity index (χ4v) is 5.68. The molecule has 0 radical (unpaired) electrons. The molecule has 0 saturated carbocycles. The Kier molecular flexibility index (Phi) is 6.85. The van der Waals surface area contributed by atoms with Gasteiger partial charge in [-0.2, -0.15) is 17.0 Å². The fraction of sp³-hybridized carbons (Fsp3) is 0.647. The predicted octanol–water partition coefficient (Wildman–Crippen LogP) is 0.743. The van der Waals surface area contributed by atoms with E-state index in [1.807, 2.05) is 0 Å². The molecule has 1 N–H and O–H groups in total. The number of carbonyl (C=O) groups is 2. The number of hydrogen-bond donors (Lipinski definition) is 1. The largest absolute Gasteiger partial charge is 0.342 e. The Morgan fingerprint density at radius 2 is 1.59 bits per heavy atom. The fourth-order valence-electron chi connectivity index (χ4n) is 3.37. The lowest BCUT2D eigenvalue weighted by molar-refractivity contribution is -0.131. The zero-order valence-corrected chi connectivity index (χ0v) is 16.9. The van der Waals surface area contributed by atoms with Crippen molar-refractivity contribution in [3.63, 3.8) is 0 Å². The molecule has 2 amide bonds. The third-order valence-electron chi connectivity index (χ3n) is 4.95. The van der Waals surface area contributed by atoms with Crippen molar-refractivity contribution in [3.8, 4) is 0 Å². The molecule has 0 spiro atoms. The average Bonchev–Trinajstić information content (AvgIpc) is 3.07. The zero-order valence-electron chi connectivity index (χ0n) is 15.3. The van der Waals surface area contributed by atoms with Crippen LogP contribution in [-0.4, -0.2) is 79.6 Å². The highest BCUT2D eigenvalue weighted by molar-refractivity contribution is 7.86. The van der Waals surface area contributed by atoms with E-state index in [9.17, 15) is 18.0 Å². The molecule has 10 heteroatoms. The van der Waals surface area contributed by atoms with E-state index in [2.05, 4.69) is 5.32 Å². The van der Waals surface area contributed by atoms with Gasteiger partial charge >= 0.3 is 0 Å². The minimum atomic E-state index is -3.45. The van der Waals surface area contributed by atoms with Gasteiger partial charge in [-0.3, -0.25) is 9.59 Å². The van der Waals surface area contributed by atoms with Crippen molar-refractivity contribution in [1.82, 2.24) is 18.8 Å². The maximum absolute atomic E-state index is 12.8. The molecule has 3 rings (SSSR count). The van der Waals surface area contributed by atoms with Gasteiger partial charge in [0.2, 0.25) is 5.91 Å². The highest BCUT2D eigenvalue weighted by Gasteiger charge is 2.33. The summed E-state index contributed by atoms with van der Waals surface area (Å²) in [4.78, 5) is 26.4. The van der Waals surface area contributed by atoms with Crippen LogP contribution in [0.5, 0.6) is 0 Å². The Morgan fingerprint density at radius 1 is 0.963 bits per heavy atom. The maximum atomic E-state index is 12.8. The van der Waals surface area contributed by atoms with Crippen LogP contribution < -0.4 is 5.32 Å². The van der Waals surface area contributed by atoms with E-state index in [1.165, 1.54) is 15.6 Å². The molecule has 8 nitrogen and oxygen atoms in total. The predicted molar refractivity (Wildman–Crippen MR) is 104 cm³/mol. The lowest BCUT2D eigenvalue weighted by Crippen LogP contribution is -2.55. The van der Waals surface area contributed by atoms with E-state index in [-0.39, 0.29) is 18.4 Å². The second-order valence-corrected chi connectivity index (χ2v) is 9.64. The maximum Gasteiger partial charge on any atom is 0.282 e. The highest BCUT2D eigenvalue weighted by Crippen LogP contribution is 2.18. The van der Waals surface area contributed by atoms with E-state index in [0.717, 1.165) is 25.7 Å². The number of amides is 2. The SMILES string of the molecule is O=C(NCC(=O)N1CCN(S(=O)(=O)N2CCCCCC2)CC1)c1cccs1. The van der Waals surface area contributed by atoms with Gasteiger partial charge in [0.15, 0.2) is 0 Å². The van der Waals surface area contributed by atoms with Crippen LogP contribution in [0.3, 0.4) is 0 Å². The first-order valence-corrected chi connectivity index (χ1v) is 11.6. The first-order valence-electron chi connectivity index (χ1n) is 9.33. The standard InChI is InChI=1S/C17H26N4O4S2/c22-16(14-18-17(23)15-6-5-13-26-15)19-9-11-21(12-10-19)27(24,25)20-7-3-1-2-4-8-20/h5-6,13H,1-4,7-12,14H2,(H,18,23). The molecule has 1 aromatic heterocycles. The van der Waals surface area contributed by atoms with Gasteiger partial charge in [0.1, 0.15) is 0 Å². The van der Waals surface area contributed by atoms with Crippen LogP contribution in [0.1, 0.15) is 35.4 Å². The molecule has 1 aromatic rings. The molecule has 0 unspecified atom stereocenters. The number of hydrogen-bond acceptors (Lipinski definition) is 5. The molecule has 2 fully saturated rings. The Labute approximate surface area is 164 Å². The van der Waals surface area contributed by atoms with Crippen LogP contribution in [0, 0.1) is 0 Å². The van der Waals surface area contributed by atoms with E-state index in [4.69, 9.17) is 0 Å². The molecule has 2 saturated heterocycles. The second-order valence-electron chi connectivity index (χ2n) is 6.76. The van der Waals surface area contributed by atoms with E-state index in [1.54, 1.807) is 26.7 Å². The quantitative estimate of drug-likeness (QED) is 0.770. The van der Waals surface area contributed by atoms with Crippen LogP contribution in [-0.2, 0) is 15.0 Å². The Hall–Kier alpha value is -1.49. The second kappa shape index (κ2) is 9.13. The number of carbonyl (C=O) groups excluding carboxylic acids is 2. The Morgan fingerprint density at radius 3 is 2.19 bits per heavy atom. The summed E-state index contributed by atoms with van der Waals surface area (Å²) in [6.45, 7) is 2.37. The first-order chi connectivity index (χ1) is 13.0. The lowest BCUT2D eigenvalue weighted by Gasteiger charge is -2.36. The normalized spacial score (nSPS) is 20.2. The van der Waals surface area contributed by atoms with Gasteiger partial charge in [-0.25, -0.2) is 0 Å². The highest BCUT2D eigenvalue weighted by atomic mass is 32.2. The molecule has 0 aromatic carbocycles. The smallest absolute Gasteiger partial charge is 0.282 e. The summed E-state index contributed by atoms with van der Waals surface area (Å²) in [7, 11) is -3.45. The van der Waals surface area contributed by atoms with E-state index >= 15 is 0 Å². The summed E-state index contributed by atoms with van der Waals surface area (Å²) in [6, 6.07) is 3.49. The van der Waals surface area contributed by atoms with Crippen LogP contribution in [0.2, 0.25) is 0 Å². The van der Waals surface area contributed by atoms with Crippen molar-refractivity contribution in [1.29, 1.82) is 0 Å². The Bertz CT molecular complexity index is 735. The third kappa shape index (κ3) is 5.07. The molecular weight excluding hydrogens is 388 g/mol. The zero-order chi connectivity index (χ0) is 19.3. The van der Waals surface area contributed by atoms with Crippen molar-refractivity contribution < 1.29 is 18.0 Å². The number of nitrogens with one attached hydrogen (secondary N) is 1. The molecular formula is C17H26N4O4S2. The molecule has 27 heavy (non-hydrogen) atoms. The summed E-state index contributed by atoms with van der Waals surface area (Å²) < 4.78 is 28.7. The summed E-state index contributed by atoms with van der Waals surface area (Å²) in [5, 5.41) is 4.43. The lowest BCUT2D eigenvalue weighted by atomic mass is 10.2. The van der Waals surface area contributed by atoms with Crippen molar-refractivity contribution >= 4 is 33.4 Å². The van der Waals surface area contributed by atoms with Crippen LogP contribution in [0.4, 0.5) is 0 Å². The average molecular weight is 415 g/mol. The monoisotopic (exact) mass is 414 g/mol. The van der Waals surface area contributed by atoms with E-state index < -0.39 is 10.2 Å². The topological polar surface area (TPSA) is 90.0 Å². The number of piperazine rings is 1. The van der Waals surface area contributed by atoms with Gasteiger partial charge in [-0.05, 0) is 24.3 Å². The first kappa shape index (κ1) is 20.2. The van der Waals surface area contributed by atoms with Crippen molar-refractivity contribution in [2.75, 3.05) is 45.8 Å². The van der Waals surface area contributed by atoms with Gasteiger partial charge in [0, 0.05) is 39.3 Å². The van der Waals surface area contributed by atoms with Crippen molar-refractivity contribution in [3.05, 3.63) is 22.4 Å². The number of rotatable bonds is 5. The van der Waals surface area contributed by atoms with Gasteiger partial charge in [-0.15, -0.1) is 11.3 Å². The third-order valence-corrected chi connectivity index (χ3v) is 7.86. The van der Waals surface area contributed by atoms with Gasteiger partial charge in [0.05, 0.1) is 11.4 Å². The molecule has 2 aliphatic rings. The summed E-state index contributed by atoms with van der Waals surface area (Å²) in [5.41, 5.74) is 0. The minimum absolute atomic E-state index is 0.0738. The van der Waals surface area contributed by atoms with Crippen LogP contribution in [0.15, 0.2) is 17.5 Å². The van der Waals surface area contributed by atoms with Gasteiger partial charge < -0.3 is 10.2 Å². The Balaban J connectivity index is 1.47. The minimum Gasteiger partial charge on any atom is -0.342 e. The molecule has 150 valence electrons.